The number of rotatable bonds is 8. The Kier molecular flexibility index (Phi) is 6.71. The molecule has 0 aliphatic rings. The quantitative estimate of drug-likeness (QED) is 0.700. The molecule has 0 fully saturated rings. The molecule has 0 bridgehead atoms. The number of hydrogen-bond acceptors (Lipinski definition) is 6. The number of para-hydroxylation sites is 1. The number of carbonyl (C=O) groups excluding carboxylic acids is 1. The number of benzene rings is 1. The summed E-state index contributed by atoms with van der Waals surface area (Å²) in [4.78, 5) is 22.6. The van der Waals surface area contributed by atoms with E-state index in [0.717, 1.165) is 11.5 Å². The van der Waals surface area contributed by atoms with Gasteiger partial charge in [0.2, 0.25) is 5.95 Å². The van der Waals surface area contributed by atoms with Crippen LogP contribution in [-0.4, -0.2) is 49.2 Å². The van der Waals surface area contributed by atoms with Crippen molar-refractivity contribution >= 4 is 17.7 Å². The molecule has 0 aliphatic carbocycles. The minimum Gasteiger partial charge on any atom is -0.478 e. The molecule has 8 heteroatoms. The van der Waals surface area contributed by atoms with Gasteiger partial charge in [-0.2, -0.15) is 4.98 Å². The third kappa shape index (κ3) is 5.58. The molecule has 140 valence electrons. The Morgan fingerprint density at radius 2 is 2.00 bits per heavy atom. The zero-order valence-corrected chi connectivity index (χ0v) is 15.4. The highest BCUT2D eigenvalue weighted by Gasteiger charge is 2.15. The molecule has 26 heavy (non-hydrogen) atoms. The first kappa shape index (κ1) is 19.4. The Hall–Kier alpha value is -2.90. The number of aromatic nitrogens is 2. The molecule has 0 saturated heterocycles. The highest BCUT2D eigenvalue weighted by atomic mass is 19.1. The zero-order valence-electron chi connectivity index (χ0n) is 15.4. The van der Waals surface area contributed by atoms with Gasteiger partial charge in [0.15, 0.2) is 17.7 Å². The average Bonchev–Trinajstić information content (AvgIpc) is 2.60. The first-order chi connectivity index (χ1) is 12.4. The summed E-state index contributed by atoms with van der Waals surface area (Å²) in [5.74, 6) is 0.531. The van der Waals surface area contributed by atoms with E-state index in [0.29, 0.717) is 19.0 Å². The summed E-state index contributed by atoms with van der Waals surface area (Å²) in [5.41, 5.74) is 0.849. The summed E-state index contributed by atoms with van der Waals surface area (Å²) in [6, 6.07) is 7.87. The van der Waals surface area contributed by atoms with E-state index in [2.05, 4.69) is 20.6 Å². The van der Waals surface area contributed by atoms with Crippen molar-refractivity contribution in [1.29, 1.82) is 0 Å². The third-order valence-electron chi connectivity index (χ3n) is 3.52. The van der Waals surface area contributed by atoms with Crippen LogP contribution in [0.3, 0.4) is 0 Å². The summed E-state index contributed by atoms with van der Waals surface area (Å²) >= 11 is 0. The number of hydrogen-bond donors (Lipinski definition) is 2. The Morgan fingerprint density at radius 1 is 1.27 bits per heavy atom. The number of aryl methyl sites for hydroxylation is 1. The van der Waals surface area contributed by atoms with Gasteiger partial charge in [0, 0.05) is 38.9 Å². The predicted octanol–water partition coefficient (Wildman–Crippen LogP) is 1.99. The van der Waals surface area contributed by atoms with Gasteiger partial charge >= 0.3 is 0 Å². The lowest BCUT2D eigenvalue weighted by Gasteiger charge is -2.16. The second kappa shape index (κ2) is 8.98. The normalized spacial score (nSPS) is 11.6. The monoisotopic (exact) mass is 361 g/mol. The summed E-state index contributed by atoms with van der Waals surface area (Å²) in [5, 5.41) is 5.80. The van der Waals surface area contributed by atoms with Crippen LogP contribution in [-0.2, 0) is 4.79 Å². The minimum absolute atomic E-state index is 0.0534. The highest BCUT2D eigenvalue weighted by Crippen LogP contribution is 2.17. The van der Waals surface area contributed by atoms with Crippen LogP contribution in [0, 0.1) is 12.7 Å². The standard InChI is InChI=1S/C18H24FN5O2/c1-12-11-16(24(3)4)23-18(22-12)21-10-9-20-17(25)13(2)26-15-8-6-5-7-14(15)19/h5-8,11,13H,9-10H2,1-4H3,(H,20,25)(H,21,22,23). The van der Waals surface area contributed by atoms with Crippen molar-refractivity contribution in [3.8, 4) is 5.75 Å². The average molecular weight is 361 g/mol. The maximum atomic E-state index is 13.5. The fourth-order valence-electron chi connectivity index (χ4n) is 2.15. The molecule has 1 amide bonds. The van der Waals surface area contributed by atoms with Crippen molar-refractivity contribution < 1.29 is 13.9 Å². The van der Waals surface area contributed by atoms with Gasteiger partial charge in [-0.25, -0.2) is 9.37 Å². The van der Waals surface area contributed by atoms with Gasteiger partial charge in [-0.15, -0.1) is 0 Å². The molecule has 1 heterocycles. The van der Waals surface area contributed by atoms with Crippen LogP contribution in [0.4, 0.5) is 16.2 Å². The molecule has 0 spiro atoms. The molecule has 1 aromatic carbocycles. The van der Waals surface area contributed by atoms with Crippen molar-refractivity contribution in [2.75, 3.05) is 37.4 Å². The van der Waals surface area contributed by atoms with E-state index < -0.39 is 11.9 Å². The highest BCUT2D eigenvalue weighted by molar-refractivity contribution is 5.80. The minimum atomic E-state index is -0.803. The molecule has 2 aromatic rings. The topological polar surface area (TPSA) is 79.4 Å². The maximum Gasteiger partial charge on any atom is 0.260 e. The van der Waals surface area contributed by atoms with Crippen molar-refractivity contribution in [3.63, 3.8) is 0 Å². The summed E-state index contributed by atoms with van der Waals surface area (Å²) in [6.45, 7) is 4.28. The summed E-state index contributed by atoms with van der Waals surface area (Å²) in [7, 11) is 3.81. The molecule has 0 radical (unpaired) electrons. The van der Waals surface area contributed by atoms with Crippen LogP contribution < -0.4 is 20.3 Å². The first-order valence-corrected chi connectivity index (χ1v) is 8.32. The second-order valence-corrected chi connectivity index (χ2v) is 5.99. The third-order valence-corrected chi connectivity index (χ3v) is 3.52. The maximum absolute atomic E-state index is 13.5. The molecule has 1 atom stereocenters. The summed E-state index contributed by atoms with van der Waals surface area (Å²) < 4.78 is 18.9. The molecule has 1 unspecified atom stereocenters. The van der Waals surface area contributed by atoms with Crippen LogP contribution in [0.15, 0.2) is 30.3 Å². The van der Waals surface area contributed by atoms with Gasteiger partial charge in [-0.05, 0) is 26.0 Å². The SMILES string of the molecule is Cc1cc(N(C)C)nc(NCCNC(=O)C(C)Oc2ccccc2F)n1. The second-order valence-electron chi connectivity index (χ2n) is 5.99. The molecular weight excluding hydrogens is 337 g/mol. The Labute approximate surface area is 152 Å². The van der Waals surface area contributed by atoms with E-state index >= 15 is 0 Å². The smallest absolute Gasteiger partial charge is 0.260 e. The van der Waals surface area contributed by atoms with Crippen molar-refractivity contribution in [2.24, 2.45) is 0 Å². The number of amides is 1. The van der Waals surface area contributed by atoms with Gasteiger partial charge in [-0.3, -0.25) is 4.79 Å². The van der Waals surface area contributed by atoms with Gasteiger partial charge in [0.25, 0.3) is 5.91 Å². The van der Waals surface area contributed by atoms with E-state index in [-0.39, 0.29) is 11.7 Å². The fraction of sp³-hybridized carbons (Fsp3) is 0.389. The van der Waals surface area contributed by atoms with Crippen molar-refractivity contribution in [1.82, 2.24) is 15.3 Å². The molecule has 2 N–H and O–H groups in total. The van der Waals surface area contributed by atoms with Crippen LogP contribution in [0.2, 0.25) is 0 Å². The van der Waals surface area contributed by atoms with Gasteiger partial charge < -0.3 is 20.3 Å². The number of ether oxygens (including phenoxy) is 1. The molecule has 0 aliphatic heterocycles. The van der Waals surface area contributed by atoms with E-state index in [1.54, 1.807) is 19.1 Å². The molecular formula is C18H24FN5O2. The Bertz CT molecular complexity index is 754. The Morgan fingerprint density at radius 3 is 2.69 bits per heavy atom. The largest absolute Gasteiger partial charge is 0.478 e. The van der Waals surface area contributed by atoms with Crippen LogP contribution >= 0.6 is 0 Å². The fourth-order valence-corrected chi connectivity index (χ4v) is 2.15. The van der Waals surface area contributed by atoms with E-state index in [9.17, 15) is 9.18 Å². The van der Waals surface area contributed by atoms with Crippen molar-refractivity contribution in [2.45, 2.75) is 20.0 Å². The van der Waals surface area contributed by atoms with E-state index in [4.69, 9.17) is 4.74 Å². The predicted molar refractivity (Wildman–Crippen MR) is 99.1 cm³/mol. The molecule has 2 rings (SSSR count). The number of nitrogens with zero attached hydrogens (tertiary/aromatic N) is 3. The van der Waals surface area contributed by atoms with Gasteiger partial charge in [-0.1, -0.05) is 12.1 Å². The van der Waals surface area contributed by atoms with Crippen molar-refractivity contribution in [3.05, 3.63) is 41.8 Å². The molecule has 0 saturated carbocycles. The van der Waals surface area contributed by atoms with Gasteiger partial charge in [0.05, 0.1) is 0 Å². The molecule has 1 aromatic heterocycles. The zero-order chi connectivity index (χ0) is 19.1. The lowest BCUT2D eigenvalue weighted by molar-refractivity contribution is -0.127. The van der Waals surface area contributed by atoms with Gasteiger partial charge in [0.1, 0.15) is 5.82 Å². The van der Waals surface area contributed by atoms with E-state index in [1.807, 2.05) is 32.0 Å². The number of nitrogens with one attached hydrogen (secondary N) is 2. The summed E-state index contributed by atoms with van der Waals surface area (Å²) in [6.07, 6.45) is -0.803. The Balaban J connectivity index is 1.79. The lowest BCUT2D eigenvalue weighted by atomic mass is 10.3. The van der Waals surface area contributed by atoms with E-state index in [1.165, 1.54) is 12.1 Å². The van der Waals surface area contributed by atoms with Crippen LogP contribution in [0.1, 0.15) is 12.6 Å². The molecule has 7 nitrogen and oxygen atoms in total. The van der Waals surface area contributed by atoms with Crippen LogP contribution in [0.25, 0.3) is 0 Å². The number of anilines is 2. The number of halogens is 1. The number of carbonyl (C=O) groups is 1. The first-order valence-electron chi connectivity index (χ1n) is 8.32. The lowest BCUT2D eigenvalue weighted by Crippen LogP contribution is -2.38. The van der Waals surface area contributed by atoms with Crippen LogP contribution in [0.5, 0.6) is 5.75 Å².